The first-order valence-corrected chi connectivity index (χ1v) is 12.2. The highest BCUT2D eigenvalue weighted by Gasteiger charge is 2.26. The molecule has 2 aliphatic rings. The molecule has 34 heavy (non-hydrogen) atoms. The van der Waals surface area contributed by atoms with Gasteiger partial charge in [0, 0.05) is 44.7 Å². The van der Waals surface area contributed by atoms with Gasteiger partial charge in [-0.2, -0.15) is 0 Å². The fraction of sp³-hybridized carbons (Fsp3) is 0.370. The van der Waals surface area contributed by atoms with E-state index < -0.39 is 0 Å². The van der Waals surface area contributed by atoms with E-state index in [9.17, 15) is 0 Å². The summed E-state index contributed by atoms with van der Waals surface area (Å²) in [4.78, 5) is 22.3. The smallest absolute Gasteiger partial charge is 0.172 e. The van der Waals surface area contributed by atoms with Crippen LogP contribution in [0.25, 0.3) is 21.9 Å². The minimum atomic E-state index is 0.822. The number of fused-ring (bicyclic) bond motifs is 2. The van der Waals surface area contributed by atoms with Crippen LogP contribution >= 0.6 is 0 Å². The minimum Gasteiger partial charge on any atom is -0.494 e. The van der Waals surface area contributed by atoms with Crippen LogP contribution in [0.5, 0.6) is 5.75 Å². The molecule has 0 radical (unpaired) electrons. The fourth-order valence-electron chi connectivity index (χ4n) is 5.18. The molecule has 2 aromatic carbocycles. The van der Waals surface area contributed by atoms with Gasteiger partial charge in [-0.15, -0.1) is 0 Å². The normalized spacial score (nSPS) is 16.6. The Hall–Kier alpha value is -3.61. The van der Waals surface area contributed by atoms with Crippen molar-refractivity contribution >= 4 is 39.4 Å². The fourth-order valence-corrected chi connectivity index (χ4v) is 5.18. The molecule has 0 aliphatic carbocycles. The average molecular weight is 455 g/mol. The number of para-hydroxylation sites is 3. The van der Waals surface area contributed by atoms with Crippen molar-refractivity contribution in [2.24, 2.45) is 0 Å². The number of hydrogen-bond donors (Lipinski definition) is 0. The van der Waals surface area contributed by atoms with Crippen LogP contribution in [0, 0.1) is 6.92 Å². The Morgan fingerprint density at radius 1 is 0.706 bits per heavy atom. The quantitative estimate of drug-likeness (QED) is 0.452. The second kappa shape index (κ2) is 8.63. The molecular formula is C27H30N6O. The van der Waals surface area contributed by atoms with Crippen molar-refractivity contribution in [1.29, 1.82) is 0 Å². The topological polar surface area (TPSA) is 57.6 Å². The number of hydrogen-bond acceptors (Lipinski definition) is 7. The van der Waals surface area contributed by atoms with Crippen LogP contribution in [-0.4, -0.2) is 61.3 Å². The van der Waals surface area contributed by atoms with Crippen LogP contribution in [0.15, 0.2) is 48.5 Å². The summed E-state index contributed by atoms with van der Waals surface area (Å²) in [7, 11) is 1.71. The Balaban J connectivity index is 1.29. The molecule has 2 aliphatic heterocycles. The predicted molar refractivity (Wildman–Crippen MR) is 138 cm³/mol. The zero-order valence-electron chi connectivity index (χ0n) is 19.9. The van der Waals surface area contributed by atoms with E-state index >= 15 is 0 Å². The molecule has 0 N–H and O–H groups in total. The van der Waals surface area contributed by atoms with Gasteiger partial charge in [-0.25, -0.2) is 15.0 Å². The largest absolute Gasteiger partial charge is 0.494 e. The standard InChI is InChI=1S/C27H30N6O/c1-19-18-24(30-25-20(19)8-7-11-23(25)34-2)31-14-16-33(17-15-31)27-26(32-12-5-6-13-32)28-21-9-3-4-10-22(21)29-27/h3-4,7-11,18H,5-6,12-17H2,1-2H3. The first kappa shape index (κ1) is 21.0. The van der Waals surface area contributed by atoms with Crippen molar-refractivity contribution < 1.29 is 4.74 Å². The monoisotopic (exact) mass is 454 g/mol. The molecule has 174 valence electrons. The third-order valence-corrected chi connectivity index (χ3v) is 7.06. The summed E-state index contributed by atoms with van der Waals surface area (Å²) in [6.45, 7) is 7.82. The SMILES string of the molecule is COc1cccc2c(C)cc(N3CCN(c4nc5ccccc5nc4N4CCCC4)CC3)nc12. The van der Waals surface area contributed by atoms with Gasteiger partial charge >= 0.3 is 0 Å². The second-order valence-corrected chi connectivity index (χ2v) is 9.18. The van der Waals surface area contributed by atoms with Crippen molar-refractivity contribution in [3.05, 3.63) is 54.1 Å². The Morgan fingerprint density at radius 3 is 1.97 bits per heavy atom. The van der Waals surface area contributed by atoms with Crippen molar-refractivity contribution in [3.8, 4) is 5.75 Å². The number of rotatable bonds is 4. The highest BCUT2D eigenvalue weighted by Crippen LogP contribution is 2.33. The lowest BCUT2D eigenvalue weighted by molar-refractivity contribution is 0.419. The summed E-state index contributed by atoms with van der Waals surface area (Å²) in [5, 5.41) is 1.14. The summed E-state index contributed by atoms with van der Waals surface area (Å²) in [5.41, 5.74) is 4.08. The maximum Gasteiger partial charge on any atom is 0.172 e. The molecule has 4 heterocycles. The number of ether oxygens (including phenoxy) is 1. The van der Waals surface area contributed by atoms with Gasteiger partial charge in [0.25, 0.3) is 0 Å². The maximum atomic E-state index is 5.59. The van der Waals surface area contributed by atoms with E-state index in [1.54, 1.807) is 7.11 Å². The number of pyridine rings is 1. The number of piperazine rings is 1. The van der Waals surface area contributed by atoms with E-state index in [1.165, 1.54) is 18.4 Å². The van der Waals surface area contributed by atoms with Gasteiger partial charge in [0.1, 0.15) is 17.1 Å². The van der Waals surface area contributed by atoms with Gasteiger partial charge in [-0.1, -0.05) is 24.3 Å². The third kappa shape index (κ3) is 3.65. The summed E-state index contributed by atoms with van der Waals surface area (Å²) in [6, 6.07) is 16.5. The number of aromatic nitrogens is 3. The molecule has 7 nitrogen and oxygen atoms in total. The van der Waals surface area contributed by atoms with E-state index in [0.29, 0.717) is 0 Å². The Kier molecular flexibility index (Phi) is 5.32. The van der Waals surface area contributed by atoms with Crippen molar-refractivity contribution in [2.75, 3.05) is 61.1 Å². The molecule has 7 heteroatoms. The molecule has 0 bridgehead atoms. The number of anilines is 3. The van der Waals surface area contributed by atoms with Crippen LogP contribution in [0.4, 0.5) is 17.5 Å². The number of benzene rings is 2. The minimum absolute atomic E-state index is 0.822. The molecule has 6 rings (SSSR count). The number of aryl methyl sites for hydroxylation is 1. The van der Waals surface area contributed by atoms with Crippen molar-refractivity contribution in [3.63, 3.8) is 0 Å². The van der Waals surface area contributed by atoms with Gasteiger partial charge in [-0.05, 0) is 49.6 Å². The molecule has 0 unspecified atom stereocenters. The number of nitrogens with zero attached hydrogens (tertiary/aromatic N) is 6. The zero-order valence-corrected chi connectivity index (χ0v) is 19.9. The van der Waals surface area contributed by atoms with Gasteiger partial charge in [0.15, 0.2) is 11.6 Å². The molecule has 4 aromatic rings. The second-order valence-electron chi connectivity index (χ2n) is 9.18. The van der Waals surface area contributed by atoms with Gasteiger partial charge in [0.05, 0.1) is 18.1 Å². The molecule has 2 fully saturated rings. The lowest BCUT2D eigenvalue weighted by atomic mass is 10.1. The average Bonchev–Trinajstić information content (AvgIpc) is 3.43. The van der Waals surface area contributed by atoms with Crippen LogP contribution in [0.2, 0.25) is 0 Å². The molecule has 0 spiro atoms. The molecule has 0 atom stereocenters. The zero-order chi connectivity index (χ0) is 23.1. The van der Waals surface area contributed by atoms with Crippen LogP contribution in [0.3, 0.4) is 0 Å². The summed E-state index contributed by atoms with van der Waals surface area (Å²) >= 11 is 0. The summed E-state index contributed by atoms with van der Waals surface area (Å²) in [5.74, 6) is 3.89. The van der Waals surface area contributed by atoms with E-state index in [2.05, 4.69) is 45.9 Å². The predicted octanol–water partition coefficient (Wildman–Crippen LogP) is 4.42. The highest BCUT2D eigenvalue weighted by molar-refractivity contribution is 5.89. The maximum absolute atomic E-state index is 5.59. The van der Waals surface area contributed by atoms with Gasteiger partial charge < -0.3 is 19.4 Å². The lowest BCUT2D eigenvalue weighted by Crippen LogP contribution is -2.47. The Morgan fingerprint density at radius 2 is 1.32 bits per heavy atom. The third-order valence-electron chi connectivity index (χ3n) is 7.06. The summed E-state index contributed by atoms with van der Waals surface area (Å²) < 4.78 is 5.59. The molecule has 2 aromatic heterocycles. The molecule has 2 saturated heterocycles. The van der Waals surface area contributed by atoms with Gasteiger partial charge in [-0.3, -0.25) is 0 Å². The first-order chi connectivity index (χ1) is 16.7. The van der Waals surface area contributed by atoms with E-state index in [0.717, 1.165) is 84.4 Å². The number of methoxy groups -OCH3 is 1. The molecule has 0 saturated carbocycles. The van der Waals surface area contributed by atoms with Crippen LogP contribution in [-0.2, 0) is 0 Å². The van der Waals surface area contributed by atoms with E-state index in [-0.39, 0.29) is 0 Å². The van der Waals surface area contributed by atoms with E-state index in [1.807, 2.05) is 24.3 Å². The first-order valence-electron chi connectivity index (χ1n) is 12.2. The lowest BCUT2D eigenvalue weighted by Gasteiger charge is -2.37. The van der Waals surface area contributed by atoms with E-state index in [4.69, 9.17) is 19.7 Å². The van der Waals surface area contributed by atoms with Crippen molar-refractivity contribution in [1.82, 2.24) is 15.0 Å². The van der Waals surface area contributed by atoms with Gasteiger partial charge in [0.2, 0.25) is 0 Å². The van der Waals surface area contributed by atoms with Crippen LogP contribution < -0.4 is 19.4 Å². The molecule has 0 amide bonds. The summed E-state index contributed by atoms with van der Waals surface area (Å²) in [6.07, 6.45) is 2.44. The Labute approximate surface area is 200 Å². The molecular weight excluding hydrogens is 424 g/mol. The van der Waals surface area contributed by atoms with Crippen molar-refractivity contribution in [2.45, 2.75) is 19.8 Å². The highest BCUT2D eigenvalue weighted by atomic mass is 16.5. The van der Waals surface area contributed by atoms with Crippen LogP contribution in [0.1, 0.15) is 18.4 Å². The Bertz CT molecular complexity index is 1340.